The van der Waals surface area contributed by atoms with Crippen LogP contribution in [0.15, 0.2) is 24.3 Å². The SMILES string of the molecule is CCCCC=CC=CC(=O)NCC1(C)COC1. The van der Waals surface area contributed by atoms with E-state index in [1.807, 2.05) is 6.08 Å². The van der Waals surface area contributed by atoms with Crippen molar-refractivity contribution in [3.63, 3.8) is 0 Å². The molecule has 1 aliphatic rings. The Bertz CT molecular complexity index is 291. The molecule has 1 amide bonds. The minimum absolute atomic E-state index is 0.0294. The summed E-state index contributed by atoms with van der Waals surface area (Å²) in [6.07, 6.45) is 10.9. The van der Waals surface area contributed by atoms with Crippen molar-refractivity contribution >= 4 is 5.91 Å². The van der Waals surface area contributed by atoms with Crippen LogP contribution in [0.5, 0.6) is 0 Å². The lowest BCUT2D eigenvalue weighted by Crippen LogP contribution is -2.48. The van der Waals surface area contributed by atoms with Gasteiger partial charge in [-0.1, -0.05) is 44.9 Å². The third-order valence-corrected chi connectivity index (χ3v) is 2.81. The van der Waals surface area contributed by atoms with Crippen molar-refractivity contribution in [2.45, 2.75) is 33.1 Å². The largest absolute Gasteiger partial charge is 0.380 e. The molecule has 17 heavy (non-hydrogen) atoms. The molecule has 96 valence electrons. The topological polar surface area (TPSA) is 38.3 Å². The number of hydrogen-bond donors (Lipinski definition) is 1. The Hall–Kier alpha value is -1.09. The van der Waals surface area contributed by atoms with Crippen molar-refractivity contribution in [3.05, 3.63) is 24.3 Å². The van der Waals surface area contributed by atoms with E-state index in [0.717, 1.165) is 19.6 Å². The monoisotopic (exact) mass is 237 g/mol. The van der Waals surface area contributed by atoms with Crippen molar-refractivity contribution in [1.29, 1.82) is 0 Å². The summed E-state index contributed by atoms with van der Waals surface area (Å²) in [5.74, 6) is -0.0294. The van der Waals surface area contributed by atoms with Crippen LogP contribution in [0.2, 0.25) is 0 Å². The molecule has 1 fully saturated rings. The zero-order valence-electron chi connectivity index (χ0n) is 10.9. The number of amides is 1. The maximum Gasteiger partial charge on any atom is 0.243 e. The van der Waals surface area contributed by atoms with Gasteiger partial charge in [0.15, 0.2) is 0 Å². The maximum absolute atomic E-state index is 11.4. The summed E-state index contributed by atoms with van der Waals surface area (Å²) in [5.41, 5.74) is 0.139. The van der Waals surface area contributed by atoms with Gasteiger partial charge in [0.1, 0.15) is 0 Å². The number of ether oxygens (including phenoxy) is 1. The van der Waals surface area contributed by atoms with Crippen LogP contribution < -0.4 is 5.32 Å². The van der Waals surface area contributed by atoms with Crippen LogP contribution in [-0.2, 0) is 9.53 Å². The molecule has 3 heteroatoms. The van der Waals surface area contributed by atoms with E-state index in [1.165, 1.54) is 12.8 Å². The molecule has 0 aromatic heterocycles. The van der Waals surface area contributed by atoms with Gasteiger partial charge in [0, 0.05) is 18.0 Å². The van der Waals surface area contributed by atoms with Gasteiger partial charge in [-0.25, -0.2) is 0 Å². The first kappa shape index (κ1) is 14.0. The molecule has 0 aromatic carbocycles. The lowest BCUT2D eigenvalue weighted by molar-refractivity contribution is -0.122. The van der Waals surface area contributed by atoms with Gasteiger partial charge >= 0.3 is 0 Å². The highest BCUT2D eigenvalue weighted by Crippen LogP contribution is 2.24. The van der Waals surface area contributed by atoms with E-state index in [2.05, 4.69) is 25.2 Å². The summed E-state index contributed by atoms with van der Waals surface area (Å²) in [7, 11) is 0. The number of carbonyl (C=O) groups is 1. The van der Waals surface area contributed by atoms with Crippen LogP contribution in [0.4, 0.5) is 0 Å². The summed E-state index contributed by atoms with van der Waals surface area (Å²) in [6, 6.07) is 0. The summed E-state index contributed by atoms with van der Waals surface area (Å²) in [5, 5.41) is 2.89. The lowest BCUT2D eigenvalue weighted by Gasteiger charge is -2.37. The van der Waals surface area contributed by atoms with E-state index >= 15 is 0 Å². The summed E-state index contributed by atoms with van der Waals surface area (Å²) >= 11 is 0. The number of allylic oxidation sites excluding steroid dienone is 3. The molecule has 0 aliphatic carbocycles. The van der Waals surface area contributed by atoms with Gasteiger partial charge in [0.2, 0.25) is 5.91 Å². The second kappa shape index (κ2) is 7.28. The van der Waals surface area contributed by atoms with E-state index < -0.39 is 0 Å². The molecule has 1 N–H and O–H groups in total. The molecule has 1 rings (SSSR count). The molecule has 1 heterocycles. The standard InChI is InChI=1S/C14H23NO2/c1-3-4-5-6-7-8-9-13(16)15-10-14(2)11-17-12-14/h6-9H,3-5,10-12H2,1-2H3,(H,15,16). The Morgan fingerprint density at radius 3 is 2.76 bits per heavy atom. The van der Waals surface area contributed by atoms with Crippen LogP contribution >= 0.6 is 0 Å². The Balaban J connectivity index is 2.11. The van der Waals surface area contributed by atoms with Crippen molar-refractivity contribution in [2.75, 3.05) is 19.8 Å². The van der Waals surface area contributed by atoms with E-state index in [0.29, 0.717) is 6.54 Å². The number of unbranched alkanes of at least 4 members (excludes halogenated alkanes) is 2. The van der Waals surface area contributed by atoms with E-state index in [9.17, 15) is 4.79 Å². The molecule has 0 spiro atoms. The number of nitrogens with one attached hydrogen (secondary N) is 1. The van der Waals surface area contributed by atoms with Gasteiger partial charge < -0.3 is 10.1 Å². The van der Waals surface area contributed by atoms with E-state index in [-0.39, 0.29) is 11.3 Å². The van der Waals surface area contributed by atoms with Gasteiger partial charge in [0.05, 0.1) is 13.2 Å². The van der Waals surface area contributed by atoms with Crippen LogP contribution in [0.1, 0.15) is 33.1 Å². The fourth-order valence-electron chi connectivity index (χ4n) is 1.55. The number of carbonyl (C=O) groups excluding carboxylic acids is 1. The summed E-state index contributed by atoms with van der Waals surface area (Å²) < 4.78 is 5.13. The highest BCUT2D eigenvalue weighted by atomic mass is 16.5. The van der Waals surface area contributed by atoms with Gasteiger partial charge in [-0.3, -0.25) is 4.79 Å². The van der Waals surface area contributed by atoms with Crippen LogP contribution in [0.3, 0.4) is 0 Å². The molecule has 0 unspecified atom stereocenters. The first-order valence-corrected chi connectivity index (χ1v) is 6.35. The van der Waals surface area contributed by atoms with Gasteiger partial charge in [0.25, 0.3) is 0 Å². The minimum atomic E-state index is -0.0294. The maximum atomic E-state index is 11.4. The summed E-state index contributed by atoms with van der Waals surface area (Å²) in [6.45, 7) is 6.46. The van der Waals surface area contributed by atoms with Crippen molar-refractivity contribution in [2.24, 2.45) is 5.41 Å². The van der Waals surface area contributed by atoms with Gasteiger partial charge in [-0.05, 0) is 6.42 Å². The second-order valence-corrected chi connectivity index (χ2v) is 4.95. The highest BCUT2D eigenvalue weighted by Gasteiger charge is 2.33. The number of hydrogen-bond acceptors (Lipinski definition) is 2. The molecule has 1 saturated heterocycles. The zero-order chi connectivity index (χ0) is 12.6. The Kier molecular flexibility index (Phi) is 5.98. The highest BCUT2D eigenvalue weighted by molar-refractivity contribution is 5.87. The third kappa shape index (κ3) is 5.68. The Labute approximate surface area is 104 Å². The fraction of sp³-hybridized carbons (Fsp3) is 0.643. The van der Waals surface area contributed by atoms with E-state index in [1.54, 1.807) is 12.2 Å². The molecular weight excluding hydrogens is 214 g/mol. The smallest absolute Gasteiger partial charge is 0.243 e. The molecular formula is C14H23NO2. The normalized spacial score (nSPS) is 18.5. The Morgan fingerprint density at radius 1 is 1.41 bits per heavy atom. The zero-order valence-corrected chi connectivity index (χ0v) is 10.9. The lowest BCUT2D eigenvalue weighted by atomic mass is 9.89. The quantitative estimate of drug-likeness (QED) is 0.419. The molecule has 0 bridgehead atoms. The molecule has 0 atom stereocenters. The first-order valence-electron chi connectivity index (χ1n) is 6.35. The van der Waals surface area contributed by atoms with Crippen LogP contribution in [-0.4, -0.2) is 25.7 Å². The van der Waals surface area contributed by atoms with Crippen molar-refractivity contribution < 1.29 is 9.53 Å². The minimum Gasteiger partial charge on any atom is -0.380 e. The van der Waals surface area contributed by atoms with Gasteiger partial charge in [-0.2, -0.15) is 0 Å². The predicted molar refractivity (Wildman–Crippen MR) is 69.7 cm³/mol. The predicted octanol–water partition coefficient (Wildman–Crippen LogP) is 2.44. The van der Waals surface area contributed by atoms with Crippen LogP contribution in [0, 0.1) is 5.41 Å². The van der Waals surface area contributed by atoms with E-state index in [4.69, 9.17) is 4.74 Å². The van der Waals surface area contributed by atoms with Crippen LogP contribution in [0.25, 0.3) is 0 Å². The molecule has 0 aromatic rings. The second-order valence-electron chi connectivity index (χ2n) is 4.95. The van der Waals surface area contributed by atoms with Crippen molar-refractivity contribution in [1.82, 2.24) is 5.32 Å². The van der Waals surface area contributed by atoms with Crippen molar-refractivity contribution in [3.8, 4) is 0 Å². The summed E-state index contributed by atoms with van der Waals surface area (Å²) in [4.78, 5) is 11.4. The number of rotatable bonds is 7. The third-order valence-electron chi connectivity index (χ3n) is 2.81. The first-order chi connectivity index (χ1) is 8.16. The average molecular weight is 237 g/mol. The molecule has 0 saturated carbocycles. The average Bonchev–Trinajstić information content (AvgIpc) is 2.28. The van der Waals surface area contributed by atoms with Gasteiger partial charge in [-0.15, -0.1) is 0 Å². The molecule has 3 nitrogen and oxygen atoms in total. The molecule has 0 radical (unpaired) electrons. The fourth-order valence-corrected chi connectivity index (χ4v) is 1.55. The molecule has 1 aliphatic heterocycles. The Morgan fingerprint density at radius 2 is 2.18 bits per heavy atom.